The molecule has 1 aliphatic heterocycles. The fourth-order valence-electron chi connectivity index (χ4n) is 1.65. The number of ether oxygens (including phenoxy) is 2. The number of nitro groups is 1. The zero-order valence-corrected chi connectivity index (χ0v) is 9.23. The molecule has 0 fully saturated rings. The summed E-state index contributed by atoms with van der Waals surface area (Å²) in [5.74, 6) is 1.06. The summed E-state index contributed by atoms with van der Waals surface area (Å²) in [6, 6.07) is 3.09. The highest BCUT2D eigenvalue weighted by molar-refractivity contribution is 5.54. The lowest BCUT2D eigenvalue weighted by molar-refractivity contribution is -0.385. The van der Waals surface area contributed by atoms with Crippen LogP contribution in [0.1, 0.15) is 18.9 Å². The van der Waals surface area contributed by atoms with E-state index in [1.807, 2.05) is 6.92 Å². The highest BCUT2D eigenvalue weighted by atomic mass is 16.6. The van der Waals surface area contributed by atoms with E-state index in [-0.39, 0.29) is 11.8 Å². The van der Waals surface area contributed by atoms with E-state index in [0.29, 0.717) is 23.7 Å². The minimum absolute atomic E-state index is 0.0355. The Hall–Kier alpha value is -1.78. The number of hydrogen-bond donors (Lipinski definition) is 0. The molecule has 0 amide bonds. The SMILES string of the molecule is CCC1COc2cc([N+](=O)[O-])c(C)cc2O1. The minimum Gasteiger partial charge on any atom is -0.486 e. The van der Waals surface area contributed by atoms with Gasteiger partial charge in [-0.2, -0.15) is 0 Å². The Morgan fingerprint density at radius 1 is 1.50 bits per heavy atom. The molecular formula is C11H13NO4. The first-order chi connectivity index (χ1) is 7.61. The molecule has 0 bridgehead atoms. The van der Waals surface area contributed by atoms with Crippen LogP contribution in [0.5, 0.6) is 11.5 Å². The van der Waals surface area contributed by atoms with Crippen LogP contribution in [0.25, 0.3) is 0 Å². The van der Waals surface area contributed by atoms with Crippen molar-refractivity contribution in [3.63, 3.8) is 0 Å². The van der Waals surface area contributed by atoms with Crippen molar-refractivity contribution in [2.75, 3.05) is 6.61 Å². The van der Waals surface area contributed by atoms with Gasteiger partial charge in [0.1, 0.15) is 12.7 Å². The van der Waals surface area contributed by atoms with Gasteiger partial charge in [-0.1, -0.05) is 6.92 Å². The number of hydrogen-bond acceptors (Lipinski definition) is 4. The van der Waals surface area contributed by atoms with Gasteiger partial charge in [-0.3, -0.25) is 10.1 Å². The lowest BCUT2D eigenvalue weighted by Gasteiger charge is -2.25. The summed E-state index contributed by atoms with van der Waals surface area (Å²) >= 11 is 0. The van der Waals surface area contributed by atoms with Crippen LogP contribution in [0.4, 0.5) is 5.69 Å². The van der Waals surface area contributed by atoms with Crippen molar-refractivity contribution in [2.45, 2.75) is 26.4 Å². The molecule has 86 valence electrons. The lowest BCUT2D eigenvalue weighted by Crippen LogP contribution is -2.28. The molecule has 0 aliphatic carbocycles. The van der Waals surface area contributed by atoms with Gasteiger partial charge in [0.2, 0.25) is 0 Å². The first-order valence-corrected chi connectivity index (χ1v) is 5.20. The zero-order chi connectivity index (χ0) is 11.7. The van der Waals surface area contributed by atoms with Crippen LogP contribution in [-0.4, -0.2) is 17.6 Å². The average Bonchev–Trinajstić information content (AvgIpc) is 2.27. The second-order valence-electron chi connectivity index (χ2n) is 3.80. The summed E-state index contributed by atoms with van der Waals surface area (Å²) in [6.07, 6.45) is 0.892. The molecule has 16 heavy (non-hydrogen) atoms. The van der Waals surface area contributed by atoms with Crippen LogP contribution in [0.3, 0.4) is 0 Å². The Bertz CT molecular complexity index is 430. The molecule has 1 unspecified atom stereocenters. The molecule has 5 heteroatoms. The van der Waals surface area contributed by atoms with E-state index in [2.05, 4.69) is 0 Å². The average molecular weight is 223 g/mol. The lowest BCUT2D eigenvalue weighted by atomic mass is 10.1. The Balaban J connectivity index is 2.38. The molecule has 0 N–H and O–H groups in total. The van der Waals surface area contributed by atoms with Crippen molar-refractivity contribution in [1.29, 1.82) is 0 Å². The Labute approximate surface area is 93.1 Å². The molecule has 1 aromatic carbocycles. The van der Waals surface area contributed by atoms with E-state index >= 15 is 0 Å². The second kappa shape index (κ2) is 4.00. The molecule has 0 aromatic heterocycles. The van der Waals surface area contributed by atoms with Crippen molar-refractivity contribution >= 4 is 5.69 Å². The van der Waals surface area contributed by atoms with Gasteiger partial charge in [0, 0.05) is 5.56 Å². The van der Waals surface area contributed by atoms with E-state index in [9.17, 15) is 10.1 Å². The summed E-state index contributed by atoms with van der Waals surface area (Å²) in [5, 5.41) is 10.7. The summed E-state index contributed by atoms with van der Waals surface area (Å²) < 4.78 is 11.1. The van der Waals surface area contributed by atoms with Crippen LogP contribution in [0, 0.1) is 17.0 Å². The fraction of sp³-hybridized carbons (Fsp3) is 0.455. The molecule has 1 aliphatic rings. The second-order valence-corrected chi connectivity index (χ2v) is 3.80. The zero-order valence-electron chi connectivity index (χ0n) is 9.23. The third-order valence-corrected chi connectivity index (χ3v) is 2.63. The first kappa shape index (κ1) is 10.7. The predicted molar refractivity (Wildman–Crippen MR) is 58.0 cm³/mol. The van der Waals surface area contributed by atoms with Crippen LogP contribution < -0.4 is 9.47 Å². The Kier molecular flexibility index (Phi) is 2.68. The smallest absolute Gasteiger partial charge is 0.276 e. The fourth-order valence-corrected chi connectivity index (χ4v) is 1.65. The monoisotopic (exact) mass is 223 g/mol. The number of nitrogens with zero attached hydrogens (tertiary/aromatic N) is 1. The van der Waals surface area contributed by atoms with Gasteiger partial charge >= 0.3 is 0 Å². The van der Waals surface area contributed by atoms with Crippen LogP contribution in [-0.2, 0) is 0 Å². The van der Waals surface area contributed by atoms with E-state index in [0.717, 1.165) is 6.42 Å². The van der Waals surface area contributed by atoms with Crippen molar-refractivity contribution < 1.29 is 14.4 Å². The number of aryl methyl sites for hydroxylation is 1. The van der Waals surface area contributed by atoms with Crippen LogP contribution >= 0.6 is 0 Å². The molecule has 0 radical (unpaired) electrons. The standard InChI is InChI=1S/C11H13NO4/c1-3-8-6-15-10-5-9(12(13)14)7(2)4-11(10)16-8/h4-5,8H,3,6H2,1-2H3. The molecule has 1 aromatic rings. The molecule has 1 atom stereocenters. The number of fused-ring (bicyclic) bond motifs is 1. The Morgan fingerprint density at radius 3 is 2.88 bits per heavy atom. The molecular weight excluding hydrogens is 210 g/mol. The molecule has 2 rings (SSSR count). The maximum atomic E-state index is 10.7. The van der Waals surface area contributed by atoms with Crippen LogP contribution in [0.2, 0.25) is 0 Å². The van der Waals surface area contributed by atoms with Gasteiger partial charge < -0.3 is 9.47 Å². The van der Waals surface area contributed by atoms with Gasteiger partial charge in [0.25, 0.3) is 5.69 Å². The maximum Gasteiger partial charge on any atom is 0.276 e. The van der Waals surface area contributed by atoms with Crippen molar-refractivity contribution in [3.05, 3.63) is 27.8 Å². The first-order valence-electron chi connectivity index (χ1n) is 5.20. The van der Waals surface area contributed by atoms with Crippen LogP contribution in [0.15, 0.2) is 12.1 Å². The van der Waals surface area contributed by atoms with E-state index < -0.39 is 4.92 Å². The maximum absolute atomic E-state index is 10.7. The van der Waals surface area contributed by atoms with Gasteiger partial charge in [0.05, 0.1) is 11.0 Å². The van der Waals surface area contributed by atoms with Gasteiger partial charge in [-0.15, -0.1) is 0 Å². The van der Waals surface area contributed by atoms with Gasteiger partial charge in [0.15, 0.2) is 11.5 Å². The molecule has 0 spiro atoms. The summed E-state index contributed by atoms with van der Waals surface area (Å²) in [6.45, 7) is 4.15. The number of rotatable bonds is 2. The van der Waals surface area contributed by atoms with Gasteiger partial charge in [-0.25, -0.2) is 0 Å². The quantitative estimate of drug-likeness (QED) is 0.570. The van der Waals surface area contributed by atoms with Gasteiger partial charge in [-0.05, 0) is 19.4 Å². The van der Waals surface area contributed by atoms with E-state index in [4.69, 9.17) is 9.47 Å². The third-order valence-electron chi connectivity index (χ3n) is 2.63. The van der Waals surface area contributed by atoms with E-state index in [1.165, 1.54) is 6.07 Å². The minimum atomic E-state index is -0.412. The normalized spacial score (nSPS) is 18.2. The molecule has 5 nitrogen and oxygen atoms in total. The summed E-state index contributed by atoms with van der Waals surface area (Å²) in [7, 11) is 0. The Morgan fingerprint density at radius 2 is 2.25 bits per heavy atom. The highest BCUT2D eigenvalue weighted by Crippen LogP contribution is 2.37. The molecule has 1 heterocycles. The summed E-state index contributed by atoms with van der Waals surface area (Å²) in [4.78, 5) is 10.3. The van der Waals surface area contributed by atoms with Crippen molar-refractivity contribution in [3.8, 4) is 11.5 Å². The van der Waals surface area contributed by atoms with Crippen molar-refractivity contribution in [2.24, 2.45) is 0 Å². The number of nitro benzene ring substituents is 1. The highest BCUT2D eigenvalue weighted by Gasteiger charge is 2.23. The molecule has 0 saturated heterocycles. The number of benzene rings is 1. The summed E-state index contributed by atoms with van der Waals surface area (Å²) in [5.41, 5.74) is 0.654. The predicted octanol–water partition coefficient (Wildman–Crippen LogP) is 2.45. The topological polar surface area (TPSA) is 61.6 Å². The largest absolute Gasteiger partial charge is 0.486 e. The van der Waals surface area contributed by atoms with Crippen molar-refractivity contribution in [1.82, 2.24) is 0 Å². The van der Waals surface area contributed by atoms with E-state index in [1.54, 1.807) is 13.0 Å². The molecule has 0 saturated carbocycles. The third kappa shape index (κ3) is 1.80.